The van der Waals surface area contributed by atoms with Crippen molar-refractivity contribution in [3.05, 3.63) is 29.3 Å². The molecular formula is C13H18O3. The summed E-state index contributed by atoms with van der Waals surface area (Å²) in [5, 5.41) is 8.55. The predicted molar refractivity (Wildman–Crippen MR) is 63.0 cm³/mol. The topological polar surface area (TPSA) is 46.5 Å². The summed E-state index contributed by atoms with van der Waals surface area (Å²) in [6, 6.07) is 5.84. The van der Waals surface area contributed by atoms with Crippen LogP contribution in [0.3, 0.4) is 0 Å². The number of benzene rings is 1. The van der Waals surface area contributed by atoms with Crippen LogP contribution >= 0.6 is 0 Å². The highest BCUT2D eigenvalue weighted by atomic mass is 16.5. The van der Waals surface area contributed by atoms with Crippen molar-refractivity contribution in [3.63, 3.8) is 0 Å². The highest BCUT2D eigenvalue weighted by molar-refractivity contribution is 5.68. The molecule has 0 amide bonds. The lowest BCUT2D eigenvalue weighted by molar-refractivity contribution is -0.139. The number of aliphatic carboxylic acids is 1. The number of carboxylic acid groups (broad SMARTS) is 1. The van der Waals surface area contributed by atoms with E-state index < -0.39 is 5.97 Å². The number of hydrogen-bond acceptors (Lipinski definition) is 2. The zero-order valence-electron chi connectivity index (χ0n) is 10.2. The fourth-order valence-corrected chi connectivity index (χ4v) is 1.41. The third kappa shape index (κ3) is 3.57. The van der Waals surface area contributed by atoms with Gasteiger partial charge in [-0.1, -0.05) is 26.8 Å². The highest BCUT2D eigenvalue weighted by Gasteiger charge is 2.15. The molecule has 0 heterocycles. The molecule has 0 radical (unpaired) electrons. The minimum absolute atomic E-state index is 0.0351. The summed E-state index contributed by atoms with van der Waals surface area (Å²) in [6.45, 7) is 8.02. The van der Waals surface area contributed by atoms with Gasteiger partial charge in [0.15, 0.2) is 6.61 Å². The maximum Gasteiger partial charge on any atom is 0.341 e. The molecule has 1 rings (SSSR count). The van der Waals surface area contributed by atoms with Crippen molar-refractivity contribution in [1.29, 1.82) is 0 Å². The van der Waals surface area contributed by atoms with Crippen LogP contribution in [-0.4, -0.2) is 17.7 Å². The monoisotopic (exact) mass is 222 g/mol. The first kappa shape index (κ1) is 12.6. The van der Waals surface area contributed by atoms with Gasteiger partial charge in [0, 0.05) is 0 Å². The van der Waals surface area contributed by atoms with Gasteiger partial charge in [-0.2, -0.15) is 0 Å². The first-order valence-corrected chi connectivity index (χ1v) is 5.26. The van der Waals surface area contributed by atoms with Gasteiger partial charge in [0.2, 0.25) is 0 Å². The normalized spacial score (nSPS) is 11.2. The molecular weight excluding hydrogens is 204 g/mol. The summed E-state index contributed by atoms with van der Waals surface area (Å²) >= 11 is 0. The van der Waals surface area contributed by atoms with Crippen molar-refractivity contribution in [2.24, 2.45) is 0 Å². The van der Waals surface area contributed by atoms with Gasteiger partial charge in [-0.15, -0.1) is 0 Å². The fraction of sp³-hybridized carbons (Fsp3) is 0.462. The third-order valence-electron chi connectivity index (χ3n) is 2.28. The lowest BCUT2D eigenvalue weighted by Crippen LogP contribution is -2.13. The van der Waals surface area contributed by atoms with E-state index in [0.717, 1.165) is 11.1 Å². The molecule has 0 saturated heterocycles. The second-order valence-corrected chi connectivity index (χ2v) is 4.97. The number of ether oxygens (including phenoxy) is 1. The lowest BCUT2D eigenvalue weighted by Gasteiger charge is -2.20. The van der Waals surface area contributed by atoms with E-state index in [-0.39, 0.29) is 12.0 Å². The Morgan fingerprint density at radius 2 is 1.94 bits per heavy atom. The maximum atomic E-state index is 10.4. The summed E-state index contributed by atoms with van der Waals surface area (Å²) in [5.74, 6) is -0.342. The molecule has 0 spiro atoms. The van der Waals surface area contributed by atoms with Gasteiger partial charge in [-0.25, -0.2) is 4.79 Å². The van der Waals surface area contributed by atoms with Crippen molar-refractivity contribution in [1.82, 2.24) is 0 Å². The third-order valence-corrected chi connectivity index (χ3v) is 2.28. The fourth-order valence-electron chi connectivity index (χ4n) is 1.41. The van der Waals surface area contributed by atoms with Crippen LogP contribution in [0.25, 0.3) is 0 Å². The van der Waals surface area contributed by atoms with E-state index in [4.69, 9.17) is 9.84 Å². The number of carbonyl (C=O) groups is 1. The standard InChI is InChI=1S/C13H18O3/c1-9-5-10(13(2,3)4)7-11(6-9)16-8-12(14)15/h5-7H,8H2,1-4H3,(H,14,15). The molecule has 0 aromatic heterocycles. The number of carboxylic acids is 1. The van der Waals surface area contributed by atoms with Crippen LogP contribution < -0.4 is 4.74 Å². The largest absolute Gasteiger partial charge is 0.482 e. The van der Waals surface area contributed by atoms with Crippen LogP contribution in [-0.2, 0) is 10.2 Å². The second-order valence-electron chi connectivity index (χ2n) is 4.97. The van der Waals surface area contributed by atoms with Gasteiger partial charge in [-0.05, 0) is 35.6 Å². The first-order chi connectivity index (χ1) is 7.29. The van der Waals surface area contributed by atoms with Crippen LogP contribution in [0.1, 0.15) is 31.9 Å². The Labute approximate surface area is 96.1 Å². The summed E-state index contributed by atoms with van der Waals surface area (Å²) in [4.78, 5) is 10.4. The molecule has 0 unspecified atom stereocenters. The Balaban J connectivity index is 2.94. The molecule has 1 N–H and O–H groups in total. The van der Waals surface area contributed by atoms with Crippen LogP contribution in [0, 0.1) is 6.92 Å². The van der Waals surface area contributed by atoms with E-state index in [1.807, 2.05) is 19.1 Å². The molecule has 16 heavy (non-hydrogen) atoms. The molecule has 0 bridgehead atoms. The van der Waals surface area contributed by atoms with Crippen molar-refractivity contribution < 1.29 is 14.6 Å². The molecule has 0 saturated carbocycles. The molecule has 0 aliphatic carbocycles. The molecule has 3 nitrogen and oxygen atoms in total. The SMILES string of the molecule is Cc1cc(OCC(=O)O)cc(C(C)(C)C)c1. The smallest absolute Gasteiger partial charge is 0.341 e. The summed E-state index contributed by atoms with van der Waals surface area (Å²) in [7, 11) is 0. The van der Waals surface area contributed by atoms with Crippen molar-refractivity contribution in [2.75, 3.05) is 6.61 Å². The van der Waals surface area contributed by atoms with Gasteiger partial charge in [0.1, 0.15) is 5.75 Å². The lowest BCUT2D eigenvalue weighted by atomic mass is 9.86. The number of aryl methyl sites for hydroxylation is 1. The molecule has 3 heteroatoms. The molecule has 1 aromatic carbocycles. The molecule has 0 aliphatic heterocycles. The maximum absolute atomic E-state index is 10.4. The zero-order valence-corrected chi connectivity index (χ0v) is 10.2. The Morgan fingerprint density at radius 3 is 2.44 bits per heavy atom. The quantitative estimate of drug-likeness (QED) is 0.855. The van der Waals surface area contributed by atoms with Gasteiger partial charge in [-0.3, -0.25) is 0 Å². The Morgan fingerprint density at radius 1 is 1.31 bits per heavy atom. The Kier molecular flexibility index (Phi) is 3.58. The van der Waals surface area contributed by atoms with Crippen LogP contribution in [0.5, 0.6) is 5.75 Å². The average molecular weight is 222 g/mol. The van der Waals surface area contributed by atoms with E-state index in [0.29, 0.717) is 5.75 Å². The van der Waals surface area contributed by atoms with E-state index in [9.17, 15) is 4.79 Å². The second kappa shape index (κ2) is 4.56. The Hall–Kier alpha value is -1.51. The van der Waals surface area contributed by atoms with Crippen molar-refractivity contribution in [2.45, 2.75) is 33.1 Å². The van der Waals surface area contributed by atoms with E-state index >= 15 is 0 Å². The first-order valence-electron chi connectivity index (χ1n) is 5.26. The molecule has 88 valence electrons. The van der Waals surface area contributed by atoms with Crippen molar-refractivity contribution in [3.8, 4) is 5.75 Å². The van der Waals surface area contributed by atoms with Gasteiger partial charge in [0.25, 0.3) is 0 Å². The summed E-state index contributed by atoms with van der Waals surface area (Å²) in [5.41, 5.74) is 2.26. The molecule has 0 fully saturated rings. The summed E-state index contributed by atoms with van der Waals surface area (Å²) < 4.78 is 5.18. The minimum Gasteiger partial charge on any atom is -0.482 e. The van der Waals surface area contributed by atoms with Crippen LogP contribution in [0.4, 0.5) is 0 Å². The molecule has 0 aliphatic rings. The number of hydrogen-bond donors (Lipinski definition) is 1. The van der Waals surface area contributed by atoms with Gasteiger partial charge >= 0.3 is 5.97 Å². The Bertz CT molecular complexity index is 389. The van der Waals surface area contributed by atoms with Gasteiger partial charge in [0.05, 0.1) is 0 Å². The zero-order chi connectivity index (χ0) is 12.3. The highest BCUT2D eigenvalue weighted by Crippen LogP contribution is 2.27. The van der Waals surface area contributed by atoms with E-state index in [1.54, 1.807) is 0 Å². The number of rotatable bonds is 3. The van der Waals surface area contributed by atoms with E-state index in [2.05, 4.69) is 26.8 Å². The minimum atomic E-state index is -0.959. The predicted octanol–water partition coefficient (Wildman–Crippen LogP) is 2.76. The summed E-state index contributed by atoms with van der Waals surface area (Å²) in [6.07, 6.45) is 0. The van der Waals surface area contributed by atoms with Crippen LogP contribution in [0.2, 0.25) is 0 Å². The van der Waals surface area contributed by atoms with Crippen LogP contribution in [0.15, 0.2) is 18.2 Å². The van der Waals surface area contributed by atoms with E-state index in [1.165, 1.54) is 0 Å². The average Bonchev–Trinajstić information content (AvgIpc) is 2.12. The van der Waals surface area contributed by atoms with Crippen molar-refractivity contribution >= 4 is 5.97 Å². The van der Waals surface area contributed by atoms with Gasteiger partial charge < -0.3 is 9.84 Å². The molecule has 0 atom stereocenters. The molecule has 1 aromatic rings.